The normalized spacial score (nSPS) is 13.4. The van der Waals surface area contributed by atoms with Crippen LogP contribution < -0.4 is 5.73 Å². The third kappa shape index (κ3) is 6.06. The Morgan fingerprint density at radius 2 is 1.88 bits per heavy atom. The third-order valence-corrected chi connectivity index (χ3v) is 6.87. The van der Waals surface area contributed by atoms with E-state index in [-0.39, 0.29) is 22.8 Å². The summed E-state index contributed by atoms with van der Waals surface area (Å²) in [4.78, 5) is 8.97. The number of hydrogen-bond donors (Lipinski definition) is 1. The van der Waals surface area contributed by atoms with Crippen LogP contribution in [0.25, 0.3) is 10.4 Å². The largest absolute Gasteiger partial charge is 0.430 e. The lowest BCUT2D eigenvalue weighted by atomic mass is 10.2. The molecule has 0 radical (unpaired) electrons. The smallest absolute Gasteiger partial charge is 0.395 e. The number of sulfone groups is 1. The number of halogens is 5. The van der Waals surface area contributed by atoms with Crippen LogP contribution in [0.3, 0.4) is 0 Å². The van der Waals surface area contributed by atoms with Crippen molar-refractivity contribution in [3.63, 3.8) is 0 Å². The van der Waals surface area contributed by atoms with Crippen molar-refractivity contribution in [1.29, 1.82) is 0 Å². The van der Waals surface area contributed by atoms with Gasteiger partial charge in [-0.2, -0.15) is 13.2 Å². The van der Waals surface area contributed by atoms with Gasteiger partial charge in [-0.1, -0.05) is 6.07 Å². The molecule has 5 nitrogen and oxygen atoms in total. The summed E-state index contributed by atoms with van der Waals surface area (Å²) < 4.78 is 89.8. The first-order valence-electron chi connectivity index (χ1n) is 9.55. The number of benzene rings is 1. The number of hydrogen-bond acceptors (Lipinski definition) is 6. The van der Waals surface area contributed by atoms with Gasteiger partial charge in [0, 0.05) is 34.5 Å². The van der Waals surface area contributed by atoms with Gasteiger partial charge in [0.1, 0.15) is 17.3 Å². The summed E-state index contributed by atoms with van der Waals surface area (Å²) in [5.74, 6) is -1.67. The second-order valence-corrected chi connectivity index (χ2v) is 10.3. The van der Waals surface area contributed by atoms with E-state index >= 15 is 0 Å². The summed E-state index contributed by atoms with van der Waals surface area (Å²) >= 11 is 1.07. The van der Waals surface area contributed by atoms with Crippen LogP contribution in [-0.2, 0) is 16.4 Å². The van der Waals surface area contributed by atoms with Crippen LogP contribution in [0, 0.1) is 18.6 Å². The molecule has 34 heavy (non-hydrogen) atoms. The van der Waals surface area contributed by atoms with E-state index in [4.69, 9.17) is 5.73 Å². The molecule has 3 rings (SSSR count). The maximum Gasteiger partial charge on any atom is 0.430 e. The molecular formula is C22H18F5N3O2S2. The average molecular weight is 516 g/mol. The Kier molecular flexibility index (Phi) is 7.22. The summed E-state index contributed by atoms with van der Waals surface area (Å²) in [6.45, 7) is 1.23. The minimum absolute atomic E-state index is 0.00847. The lowest BCUT2D eigenvalue weighted by Crippen LogP contribution is -2.20. The highest BCUT2D eigenvalue weighted by molar-refractivity contribution is 7.90. The Morgan fingerprint density at radius 3 is 2.47 bits per heavy atom. The Morgan fingerprint density at radius 1 is 1.18 bits per heavy atom. The first-order chi connectivity index (χ1) is 15.8. The molecule has 0 aliphatic rings. The van der Waals surface area contributed by atoms with Crippen molar-refractivity contribution in [2.45, 2.75) is 24.7 Å². The lowest BCUT2D eigenvalue weighted by molar-refractivity contribution is -0.0925. The lowest BCUT2D eigenvalue weighted by Gasteiger charge is -2.08. The molecule has 2 aromatic heterocycles. The van der Waals surface area contributed by atoms with E-state index in [1.54, 1.807) is 19.1 Å². The van der Waals surface area contributed by atoms with E-state index in [9.17, 15) is 30.4 Å². The number of aryl methyl sites for hydroxylation is 1. The molecular weight excluding hydrogens is 497 g/mol. The molecule has 0 saturated heterocycles. The van der Waals surface area contributed by atoms with E-state index in [1.807, 2.05) is 0 Å². The Balaban J connectivity index is 2.02. The molecule has 12 heteroatoms. The summed E-state index contributed by atoms with van der Waals surface area (Å²) in [5.41, 5.74) is 4.59. The number of thiophene rings is 1. The van der Waals surface area contributed by atoms with E-state index in [0.29, 0.717) is 33.0 Å². The highest BCUT2D eigenvalue weighted by Crippen LogP contribution is 2.31. The quantitative estimate of drug-likeness (QED) is 0.362. The van der Waals surface area contributed by atoms with Gasteiger partial charge in [0.15, 0.2) is 14.9 Å². The van der Waals surface area contributed by atoms with Crippen molar-refractivity contribution >= 4 is 26.9 Å². The monoisotopic (exact) mass is 515 g/mol. The van der Waals surface area contributed by atoms with Crippen LogP contribution in [0.15, 0.2) is 64.4 Å². The molecule has 180 valence electrons. The van der Waals surface area contributed by atoms with Crippen LogP contribution in [0.1, 0.15) is 16.0 Å². The maximum absolute atomic E-state index is 14.0. The van der Waals surface area contributed by atoms with Crippen LogP contribution in [-0.4, -0.2) is 31.5 Å². The fraction of sp³-hybridized carbons (Fsp3) is 0.182. The summed E-state index contributed by atoms with van der Waals surface area (Å²) in [5, 5.41) is -0.0718. The Hall–Kier alpha value is -3.12. The zero-order chi connectivity index (χ0) is 25.3. The fourth-order valence-corrected chi connectivity index (χ4v) is 4.81. The second-order valence-electron chi connectivity index (χ2n) is 7.32. The van der Waals surface area contributed by atoms with Crippen molar-refractivity contribution in [3.8, 4) is 10.4 Å². The summed E-state index contributed by atoms with van der Waals surface area (Å²) in [7, 11) is -3.52. The molecule has 0 amide bonds. The van der Waals surface area contributed by atoms with Crippen molar-refractivity contribution in [2.24, 2.45) is 10.7 Å². The average Bonchev–Trinajstić information content (AvgIpc) is 3.20. The molecule has 0 aliphatic carbocycles. The predicted octanol–water partition coefficient (Wildman–Crippen LogP) is 5.19. The fourth-order valence-electron chi connectivity index (χ4n) is 2.96. The summed E-state index contributed by atoms with van der Waals surface area (Å²) in [6.07, 6.45) is -1.77. The minimum Gasteiger partial charge on any atom is -0.395 e. The first kappa shape index (κ1) is 25.5. The van der Waals surface area contributed by atoms with Crippen LogP contribution >= 0.6 is 11.3 Å². The molecule has 0 atom stereocenters. The molecule has 2 N–H and O–H groups in total. The van der Waals surface area contributed by atoms with Gasteiger partial charge in [0.05, 0.1) is 17.1 Å². The van der Waals surface area contributed by atoms with Gasteiger partial charge in [-0.3, -0.25) is 4.99 Å². The van der Waals surface area contributed by atoms with Gasteiger partial charge >= 0.3 is 6.18 Å². The SMILES string of the molecule is Cc1cc(-c2ccc(C(C=C(N)C(F)(F)F)=NCc3ccc(F)cc3F)s2)cnc1S(C)(=O)=O. The maximum atomic E-state index is 14.0. The van der Waals surface area contributed by atoms with E-state index in [0.717, 1.165) is 29.7 Å². The predicted molar refractivity (Wildman–Crippen MR) is 120 cm³/mol. The van der Waals surface area contributed by atoms with Gasteiger partial charge < -0.3 is 5.73 Å². The number of aliphatic imine (C=N–C) groups is 1. The highest BCUT2D eigenvalue weighted by atomic mass is 32.2. The van der Waals surface area contributed by atoms with Crippen molar-refractivity contribution < 1.29 is 30.4 Å². The minimum atomic E-state index is -4.80. The molecule has 2 heterocycles. The number of pyridine rings is 1. The zero-order valence-electron chi connectivity index (χ0n) is 17.8. The van der Waals surface area contributed by atoms with Gasteiger partial charge in [0.25, 0.3) is 0 Å². The molecule has 0 bridgehead atoms. The van der Waals surface area contributed by atoms with Gasteiger partial charge in [0.2, 0.25) is 0 Å². The molecule has 0 aliphatic heterocycles. The number of nitrogens with zero attached hydrogens (tertiary/aromatic N) is 2. The molecule has 0 saturated carbocycles. The van der Waals surface area contributed by atoms with E-state index in [2.05, 4.69) is 9.98 Å². The molecule has 0 unspecified atom stereocenters. The standard InChI is InChI=1S/C22H18F5N3O2S2/c1-12-7-14(11-30-21(12)34(2,31)32)18-5-6-19(33-18)17(9-20(28)22(25,26)27)29-10-13-3-4-15(23)8-16(13)24/h3-9,11H,10,28H2,1-2H3. The third-order valence-electron chi connectivity index (χ3n) is 4.58. The molecule has 3 aromatic rings. The van der Waals surface area contributed by atoms with Crippen LogP contribution in [0.4, 0.5) is 22.0 Å². The number of allylic oxidation sites excluding steroid dienone is 2. The molecule has 1 aromatic carbocycles. The van der Waals surface area contributed by atoms with Crippen molar-refractivity contribution in [2.75, 3.05) is 6.26 Å². The van der Waals surface area contributed by atoms with Gasteiger partial charge in [-0.15, -0.1) is 11.3 Å². The number of rotatable bonds is 6. The topological polar surface area (TPSA) is 85.4 Å². The Labute approximate surface area is 196 Å². The van der Waals surface area contributed by atoms with E-state index < -0.39 is 33.3 Å². The molecule has 0 spiro atoms. The van der Waals surface area contributed by atoms with Gasteiger partial charge in [-0.05, 0) is 42.8 Å². The summed E-state index contributed by atoms with van der Waals surface area (Å²) in [6, 6.07) is 7.56. The number of alkyl halides is 3. The zero-order valence-corrected chi connectivity index (χ0v) is 19.5. The Bertz CT molecular complexity index is 1390. The van der Waals surface area contributed by atoms with E-state index in [1.165, 1.54) is 12.3 Å². The highest BCUT2D eigenvalue weighted by Gasteiger charge is 2.32. The van der Waals surface area contributed by atoms with Crippen molar-refractivity contribution in [1.82, 2.24) is 4.98 Å². The van der Waals surface area contributed by atoms with Crippen LogP contribution in [0.2, 0.25) is 0 Å². The first-order valence-corrected chi connectivity index (χ1v) is 12.3. The number of aromatic nitrogens is 1. The number of nitrogens with two attached hydrogens (primary N) is 1. The van der Waals surface area contributed by atoms with Crippen molar-refractivity contribution in [3.05, 3.63) is 82.0 Å². The van der Waals surface area contributed by atoms with Gasteiger partial charge in [-0.25, -0.2) is 22.2 Å². The molecule has 0 fully saturated rings. The van der Waals surface area contributed by atoms with Crippen LogP contribution in [0.5, 0.6) is 0 Å². The second kappa shape index (κ2) is 9.63.